The lowest BCUT2D eigenvalue weighted by Crippen LogP contribution is -2.42. The number of hydrogen-bond donors (Lipinski definition) is 0. The van der Waals surface area contributed by atoms with E-state index in [0.717, 1.165) is 4.90 Å². The fourth-order valence-corrected chi connectivity index (χ4v) is 3.52. The molecule has 0 radical (unpaired) electrons. The number of allylic oxidation sites excluding steroid dienone is 1. The van der Waals surface area contributed by atoms with E-state index in [9.17, 15) is 14.9 Å². The molecule has 0 saturated heterocycles. The maximum absolute atomic E-state index is 12.2. The molecule has 0 aliphatic carbocycles. The van der Waals surface area contributed by atoms with Crippen molar-refractivity contribution in [2.45, 2.75) is 29.9 Å². The summed E-state index contributed by atoms with van der Waals surface area (Å²) in [6.45, 7) is 6.72. The van der Waals surface area contributed by atoms with Crippen LogP contribution in [0.15, 0.2) is 47.9 Å². The van der Waals surface area contributed by atoms with Gasteiger partial charge in [-0.1, -0.05) is 31.2 Å². The summed E-state index contributed by atoms with van der Waals surface area (Å²) in [4.78, 5) is 23.6. The van der Waals surface area contributed by atoms with Gasteiger partial charge in [0.25, 0.3) is 0 Å². The number of Topliss-reactive ketones (excluding diaryl/α,β-unsaturated/α-hetero) is 1. The third-order valence-electron chi connectivity index (χ3n) is 3.31. The van der Waals surface area contributed by atoms with Crippen LogP contribution in [0.4, 0.5) is 0 Å². The van der Waals surface area contributed by atoms with Gasteiger partial charge in [-0.15, -0.1) is 18.3 Å². The summed E-state index contributed by atoms with van der Waals surface area (Å²) in [5.41, 5.74) is 0. The third-order valence-corrected chi connectivity index (χ3v) is 5.03. The Balaban J connectivity index is 3.13. The number of carbonyl (C=O) groups is 1. The van der Waals surface area contributed by atoms with Gasteiger partial charge in [0, 0.05) is 15.7 Å². The van der Waals surface area contributed by atoms with Crippen LogP contribution in [0.25, 0.3) is 0 Å². The highest BCUT2D eigenvalue weighted by atomic mass is 32.2. The highest BCUT2D eigenvalue weighted by Crippen LogP contribution is 2.42. The van der Waals surface area contributed by atoms with Gasteiger partial charge in [0.2, 0.25) is 6.54 Å². The maximum Gasteiger partial charge on any atom is 0.208 e. The van der Waals surface area contributed by atoms with Crippen LogP contribution in [0.2, 0.25) is 0 Å². The molecule has 4 nitrogen and oxygen atoms in total. The Morgan fingerprint density at radius 2 is 2.10 bits per heavy atom. The van der Waals surface area contributed by atoms with Crippen molar-refractivity contribution in [2.24, 2.45) is 5.92 Å². The van der Waals surface area contributed by atoms with E-state index in [0.29, 0.717) is 6.42 Å². The van der Waals surface area contributed by atoms with Crippen LogP contribution in [0.1, 0.15) is 20.3 Å². The topological polar surface area (TPSA) is 60.2 Å². The first kappa shape index (κ1) is 16.4. The molecule has 20 heavy (non-hydrogen) atoms. The van der Waals surface area contributed by atoms with E-state index in [-0.39, 0.29) is 23.2 Å². The van der Waals surface area contributed by atoms with Crippen LogP contribution in [0, 0.1) is 16.0 Å². The van der Waals surface area contributed by atoms with Crippen molar-refractivity contribution in [3.8, 4) is 0 Å². The van der Waals surface area contributed by atoms with E-state index in [1.807, 2.05) is 30.3 Å². The largest absolute Gasteiger partial charge is 0.298 e. The van der Waals surface area contributed by atoms with Crippen molar-refractivity contribution in [1.29, 1.82) is 0 Å². The summed E-state index contributed by atoms with van der Waals surface area (Å²) in [5.74, 6) is -0.432. The van der Waals surface area contributed by atoms with Gasteiger partial charge in [0.1, 0.15) is 5.78 Å². The van der Waals surface area contributed by atoms with Crippen molar-refractivity contribution in [1.82, 2.24) is 0 Å². The zero-order valence-corrected chi connectivity index (χ0v) is 12.6. The number of thioether (sulfide) groups is 1. The smallest absolute Gasteiger partial charge is 0.208 e. The lowest BCUT2D eigenvalue weighted by Gasteiger charge is -2.33. The maximum atomic E-state index is 12.2. The second kappa shape index (κ2) is 7.24. The van der Waals surface area contributed by atoms with E-state index in [4.69, 9.17) is 0 Å². The molecule has 0 fully saturated rings. The van der Waals surface area contributed by atoms with E-state index >= 15 is 0 Å². The van der Waals surface area contributed by atoms with Crippen LogP contribution in [0.3, 0.4) is 0 Å². The summed E-state index contributed by atoms with van der Waals surface area (Å²) < 4.78 is -0.837. The molecular weight excluding hydrogens is 274 g/mol. The van der Waals surface area contributed by atoms with Crippen LogP contribution in [0.5, 0.6) is 0 Å². The highest BCUT2D eigenvalue weighted by Gasteiger charge is 2.43. The predicted molar refractivity (Wildman–Crippen MR) is 81.6 cm³/mol. The average Bonchev–Trinajstić information content (AvgIpc) is 2.38. The standard InChI is InChI=1S/C15H19NO3S/c1-4-10-15(13(3)17,12(2)11-16(18)19)20-14-8-6-5-7-9-14/h4-9,12H,1,10-11H2,2-3H3. The molecule has 2 unspecified atom stereocenters. The minimum atomic E-state index is -0.837. The zero-order chi connectivity index (χ0) is 15.2. The van der Waals surface area contributed by atoms with Crippen LogP contribution < -0.4 is 0 Å². The number of hydrogen-bond acceptors (Lipinski definition) is 4. The van der Waals surface area contributed by atoms with Crippen molar-refractivity contribution < 1.29 is 9.72 Å². The molecule has 5 heteroatoms. The Kier molecular flexibility index (Phi) is 5.95. The van der Waals surface area contributed by atoms with Gasteiger partial charge in [0.15, 0.2) is 0 Å². The van der Waals surface area contributed by atoms with Crippen LogP contribution in [-0.2, 0) is 4.79 Å². The molecule has 0 heterocycles. The van der Waals surface area contributed by atoms with Crippen molar-refractivity contribution in [3.05, 3.63) is 53.1 Å². The molecule has 0 N–H and O–H groups in total. The first-order chi connectivity index (χ1) is 9.42. The SMILES string of the molecule is C=CCC(Sc1ccccc1)(C(C)=O)C(C)C[N+](=O)[O-]. The summed E-state index contributed by atoms with van der Waals surface area (Å²) in [6.07, 6.45) is 2.07. The second-order valence-corrected chi connectivity index (χ2v) is 6.17. The molecule has 0 saturated carbocycles. The number of nitro groups is 1. The van der Waals surface area contributed by atoms with Gasteiger partial charge in [0.05, 0.1) is 4.75 Å². The fourth-order valence-electron chi connectivity index (χ4n) is 2.19. The van der Waals surface area contributed by atoms with Gasteiger partial charge in [-0.25, -0.2) is 0 Å². The van der Waals surface area contributed by atoms with Gasteiger partial charge < -0.3 is 0 Å². The molecule has 1 rings (SSSR count). The van der Waals surface area contributed by atoms with E-state index in [1.165, 1.54) is 18.7 Å². The summed E-state index contributed by atoms with van der Waals surface area (Å²) in [7, 11) is 0. The number of nitrogens with zero attached hydrogens (tertiary/aromatic N) is 1. The quantitative estimate of drug-likeness (QED) is 0.318. The molecule has 0 aliphatic heterocycles. The summed E-state index contributed by atoms with van der Waals surface area (Å²) >= 11 is 1.39. The molecule has 0 amide bonds. The Labute approximate surface area is 123 Å². The highest BCUT2D eigenvalue weighted by molar-refractivity contribution is 8.01. The van der Waals surface area contributed by atoms with Gasteiger partial charge in [-0.3, -0.25) is 14.9 Å². The number of carbonyl (C=O) groups excluding carboxylic acids is 1. The average molecular weight is 293 g/mol. The molecular formula is C15H19NO3S. The van der Waals surface area contributed by atoms with E-state index in [2.05, 4.69) is 6.58 Å². The summed E-state index contributed by atoms with van der Waals surface area (Å²) in [5, 5.41) is 10.8. The first-order valence-corrected chi connectivity index (χ1v) is 7.22. The van der Waals surface area contributed by atoms with Crippen LogP contribution >= 0.6 is 11.8 Å². The number of rotatable bonds is 8. The van der Waals surface area contributed by atoms with Gasteiger partial charge >= 0.3 is 0 Å². The molecule has 2 atom stereocenters. The number of benzene rings is 1. The molecule has 0 bridgehead atoms. The molecule has 0 spiro atoms. The Morgan fingerprint density at radius 3 is 2.55 bits per heavy atom. The molecule has 108 valence electrons. The lowest BCUT2D eigenvalue weighted by molar-refractivity contribution is -0.488. The Morgan fingerprint density at radius 1 is 1.50 bits per heavy atom. The van der Waals surface area contributed by atoms with Crippen LogP contribution in [-0.4, -0.2) is 22.0 Å². The first-order valence-electron chi connectivity index (χ1n) is 6.40. The van der Waals surface area contributed by atoms with E-state index < -0.39 is 4.75 Å². The normalized spacial score (nSPS) is 15.1. The molecule has 1 aromatic carbocycles. The van der Waals surface area contributed by atoms with Crippen molar-refractivity contribution in [3.63, 3.8) is 0 Å². The number of ketones is 1. The van der Waals surface area contributed by atoms with Crippen molar-refractivity contribution in [2.75, 3.05) is 6.54 Å². The zero-order valence-electron chi connectivity index (χ0n) is 11.7. The minimum absolute atomic E-state index is 0.0550. The minimum Gasteiger partial charge on any atom is -0.298 e. The van der Waals surface area contributed by atoms with Crippen molar-refractivity contribution >= 4 is 17.5 Å². The predicted octanol–water partition coefficient (Wildman–Crippen LogP) is 3.60. The second-order valence-electron chi connectivity index (χ2n) is 4.77. The molecule has 0 aliphatic rings. The third kappa shape index (κ3) is 3.93. The Hall–Kier alpha value is -1.62. The lowest BCUT2D eigenvalue weighted by atomic mass is 9.86. The fraction of sp³-hybridized carbons (Fsp3) is 0.400. The Bertz CT molecular complexity index is 489. The van der Waals surface area contributed by atoms with Gasteiger partial charge in [-0.2, -0.15) is 0 Å². The van der Waals surface area contributed by atoms with Gasteiger partial charge in [-0.05, 0) is 25.5 Å². The molecule has 1 aromatic rings. The monoisotopic (exact) mass is 293 g/mol. The van der Waals surface area contributed by atoms with E-state index in [1.54, 1.807) is 13.0 Å². The summed E-state index contributed by atoms with van der Waals surface area (Å²) in [6, 6.07) is 9.49. The molecule has 0 aromatic heterocycles.